The van der Waals surface area contributed by atoms with E-state index in [0.717, 1.165) is 23.9 Å². The fraction of sp³-hybridized carbons (Fsp3) is 0.900. The van der Waals surface area contributed by atoms with Crippen LogP contribution in [0.5, 0.6) is 0 Å². The van der Waals surface area contributed by atoms with Crippen molar-refractivity contribution in [2.75, 3.05) is 18.6 Å². The molecule has 3 nitrogen and oxygen atoms in total. The molecule has 88 valence electrons. The summed E-state index contributed by atoms with van der Waals surface area (Å²) >= 11 is 1.79. The highest BCUT2D eigenvalue weighted by Crippen LogP contribution is 2.13. The SMILES string of the molecule is CC1CCSC(=NCCC(C)S(C)=O)N1. The number of amidine groups is 1. The zero-order valence-corrected chi connectivity index (χ0v) is 11.3. The summed E-state index contributed by atoms with van der Waals surface area (Å²) in [6.07, 6.45) is 3.87. The Morgan fingerprint density at radius 2 is 2.47 bits per heavy atom. The molecule has 3 unspecified atom stereocenters. The second-order valence-electron chi connectivity index (χ2n) is 3.97. The topological polar surface area (TPSA) is 41.5 Å². The molecule has 1 heterocycles. The van der Waals surface area contributed by atoms with Gasteiger partial charge >= 0.3 is 0 Å². The first-order valence-corrected chi connectivity index (χ1v) is 7.96. The van der Waals surface area contributed by atoms with Crippen LogP contribution in [0, 0.1) is 0 Å². The van der Waals surface area contributed by atoms with Gasteiger partial charge in [0.2, 0.25) is 0 Å². The third-order valence-electron chi connectivity index (χ3n) is 2.52. The highest BCUT2D eigenvalue weighted by molar-refractivity contribution is 8.13. The van der Waals surface area contributed by atoms with Crippen LogP contribution < -0.4 is 5.32 Å². The Balaban J connectivity index is 2.28. The van der Waals surface area contributed by atoms with Gasteiger partial charge in [0, 0.05) is 40.6 Å². The van der Waals surface area contributed by atoms with Gasteiger partial charge in [-0.1, -0.05) is 18.7 Å². The zero-order valence-electron chi connectivity index (χ0n) is 9.66. The van der Waals surface area contributed by atoms with Crippen LogP contribution in [0.2, 0.25) is 0 Å². The van der Waals surface area contributed by atoms with Crippen molar-refractivity contribution in [3.63, 3.8) is 0 Å². The fourth-order valence-corrected chi connectivity index (χ4v) is 2.83. The van der Waals surface area contributed by atoms with Crippen LogP contribution in [0.15, 0.2) is 4.99 Å². The average molecular weight is 248 g/mol. The van der Waals surface area contributed by atoms with Gasteiger partial charge in [-0.25, -0.2) is 0 Å². The number of aliphatic imine (C=N–C) groups is 1. The van der Waals surface area contributed by atoms with E-state index in [0.29, 0.717) is 6.04 Å². The van der Waals surface area contributed by atoms with Crippen molar-refractivity contribution in [1.29, 1.82) is 0 Å². The number of nitrogens with zero attached hydrogens (tertiary/aromatic N) is 1. The van der Waals surface area contributed by atoms with Gasteiger partial charge in [0.15, 0.2) is 5.17 Å². The molecular weight excluding hydrogens is 228 g/mol. The molecule has 0 amide bonds. The standard InChI is InChI=1S/C10H20N2OS2/c1-8-5-7-14-10(12-8)11-6-4-9(2)15(3)13/h8-9H,4-7H2,1-3H3,(H,11,12). The number of hydrogen-bond acceptors (Lipinski definition) is 3. The summed E-state index contributed by atoms with van der Waals surface area (Å²) in [7, 11) is -0.720. The largest absolute Gasteiger partial charge is 0.362 e. The first kappa shape index (κ1) is 13.0. The van der Waals surface area contributed by atoms with E-state index in [1.165, 1.54) is 6.42 Å². The molecule has 0 aromatic heterocycles. The number of hydrogen-bond donors (Lipinski definition) is 1. The maximum atomic E-state index is 11.1. The molecule has 0 aromatic rings. The van der Waals surface area contributed by atoms with Crippen molar-refractivity contribution in [1.82, 2.24) is 5.32 Å². The third kappa shape index (κ3) is 5.02. The monoisotopic (exact) mass is 248 g/mol. The molecule has 15 heavy (non-hydrogen) atoms. The highest BCUT2D eigenvalue weighted by atomic mass is 32.2. The summed E-state index contributed by atoms with van der Waals surface area (Å²) in [5.74, 6) is 1.16. The van der Waals surface area contributed by atoms with Crippen molar-refractivity contribution in [2.45, 2.75) is 38.0 Å². The molecule has 1 fully saturated rings. The first-order valence-electron chi connectivity index (χ1n) is 5.35. The molecule has 0 bridgehead atoms. The van der Waals surface area contributed by atoms with Gasteiger partial charge in [0.05, 0.1) is 0 Å². The second-order valence-corrected chi connectivity index (χ2v) is 6.85. The predicted molar refractivity (Wildman–Crippen MR) is 70.1 cm³/mol. The van der Waals surface area contributed by atoms with Gasteiger partial charge in [-0.05, 0) is 19.8 Å². The summed E-state index contributed by atoms with van der Waals surface area (Å²) in [6.45, 7) is 4.97. The Bertz CT molecular complexity index is 256. The third-order valence-corrected chi connectivity index (χ3v) is 4.85. The van der Waals surface area contributed by atoms with E-state index < -0.39 is 10.8 Å². The van der Waals surface area contributed by atoms with Gasteiger partial charge in [-0.3, -0.25) is 9.20 Å². The maximum absolute atomic E-state index is 11.1. The maximum Gasteiger partial charge on any atom is 0.156 e. The van der Waals surface area contributed by atoms with Gasteiger partial charge in [0.1, 0.15) is 0 Å². The quantitative estimate of drug-likeness (QED) is 0.822. The summed E-state index contributed by atoms with van der Waals surface area (Å²) in [5.41, 5.74) is 0. The molecule has 3 atom stereocenters. The lowest BCUT2D eigenvalue weighted by Gasteiger charge is -2.21. The van der Waals surface area contributed by atoms with Crippen molar-refractivity contribution < 1.29 is 4.21 Å². The molecule has 0 aromatic carbocycles. The minimum absolute atomic E-state index is 0.250. The van der Waals surface area contributed by atoms with Crippen LogP contribution in [0.25, 0.3) is 0 Å². The van der Waals surface area contributed by atoms with Crippen molar-refractivity contribution in [3.8, 4) is 0 Å². The van der Waals surface area contributed by atoms with Crippen molar-refractivity contribution >= 4 is 27.7 Å². The van der Waals surface area contributed by atoms with Crippen LogP contribution >= 0.6 is 11.8 Å². The summed E-state index contributed by atoms with van der Waals surface area (Å²) in [5, 5.41) is 4.66. The van der Waals surface area contributed by atoms with Crippen LogP contribution in [0.3, 0.4) is 0 Å². The van der Waals surface area contributed by atoms with Crippen molar-refractivity contribution in [2.24, 2.45) is 4.99 Å². The molecule has 0 saturated carbocycles. The Morgan fingerprint density at radius 3 is 3.07 bits per heavy atom. The van der Waals surface area contributed by atoms with Gasteiger partial charge in [-0.2, -0.15) is 0 Å². The van der Waals surface area contributed by atoms with E-state index in [1.54, 1.807) is 18.0 Å². The lowest BCUT2D eigenvalue weighted by molar-refractivity contribution is 0.640. The van der Waals surface area contributed by atoms with E-state index in [-0.39, 0.29) is 5.25 Å². The van der Waals surface area contributed by atoms with Crippen molar-refractivity contribution in [3.05, 3.63) is 0 Å². The number of thioether (sulfide) groups is 1. The smallest absolute Gasteiger partial charge is 0.156 e. The molecular formula is C10H20N2OS2. The van der Waals surface area contributed by atoms with Crippen LogP contribution in [0.1, 0.15) is 26.7 Å². The highest BCUT2D eigenvalue weighted by Gasteiger charge is 2.12. The summed E-state index contributed by atoms with van der Waals surface area (Å²) < 4.78 is 11.1. The molecule has 1 N–H and O–H groups in total. The molecule has 1 saturated heterocycles. The number of rotatable bonds is 4. The van der Waals surface area contributed by atoms with E-state index in [9.17, 15) is 4.21 Å². The Hall–Kier alpha value is -0.0300. The van der Waals surface area contributed by atoms with Crippen LogP contribution in [-0.2, 0) is 10.8 Å². The second kappa shape index (κ2) is 6.53. The van der Waals surface area contributed by atoms with Crippen LogP contribution in [-0.4, -0.2) is 39.2 Å². The average Bonchev–Trinajstić information content (AvgIpc) is 2.17. The Morgan fingerprint density at radius 1 is 1.73 bits per heavy atom. The molecule has 1 aliphatic heterocycles. The molecule has 0 aliphatic carbocycles. The normalized spacial score (nSPS) is 28.5. The Labute approximate surface area is 99.0 Å². The Kier molecular flexibility index (Phi) is 5.68. The number of nitrogens with one attached hydrogen (secondary N) is 1. The minimum Gasteiger partial charge on any atom is -0.362 e. The van der Waals surface area contributed by atoms with E-state index in [4.69, 9.17) is 0 Å². The first-order chi connectivity index (χ1) is 7.09. The molecule has 0 radical (unpaired) electrons. The molecule has 1 aliphatic rings. The van der Waals surface area contributed by atoms with E-state index >= 15 is 0 Å². The molecule has 5 heteroatoms. The van der Waals surface area contributed by atoms with E-state index in [1.807, 2.05) is 6.92 Å². The summed E-state index contributed by atoms with van der Waals surface area (Å²) in [6, 6.07) is 0.544. The zero-order chi connectivity index (χ0) is 11.3. The summed E-state index contributed by atoms with van der Waals surface area (Å²) in [4.78, 5) is 4.49. The predicted octanol–water partition coefficient (Wildman–Crippen LogP) is 1.61. The fourth-order valence-electron chi connectivity index (χ4n) is 1.26. The lowest BCUT2D eigenvalue weighted by atomic mass is 10.3. The lowest BCUT2D eigenvalue weighted by Crippen LogP contribution is -2.35. The van der Waals surface area contributed by atoms with Gasteiger partial charge in [0.25, 0.3) is 0 Å². The molecule has 0 spiro atoms. The van der Waals surface area contributed by atoms with Gasteiger partial charge < -0.3 is 5.32 Å². The van der Waals surface area contributed by atoms with Gasteiger partial charge in [-0.15, -0.1) is 0 Å². The molecule has 1 rings (SSSR count). The van der Waals surface area contributed by atoms with E-state index in [2.05, 4.69) is 17.2 Å². The minimum atomic E-state index is -0.720. The van der Waals surface area contributed by atoms with Crippen LogP contribution in [0.4, 0.5) is 0 Å².